The van der Waals surface area contributed by atoms with Gasteiger partial charge in [0, 0.05) is 6.42 Å². The number of quaternary nitrogens is 1. The molecular weight excluding hydrogens is 611 g/mol. The van der Waals surface area contributed by atoms with Gasteiger partial charge in [0.15, 0.2) is 0 Å². The molecule has 0 fully saturated rings. The molecule has 0 aliphatic heterocycles. The monoisotopic (exact) mass is 683 g/mol. The summed E-state index contributed by atoms with van der Waals surface area (Å²) >= 11 is 0. The Morgan fingerprint density at radius 1 is 0.723 bits per heavy atom. The van der Waals surface area contributed by atoms with Crippen LogP contribution < -0.4 is 10.2 Å². The lowest BCUT2D eigenvalue weighted by molar-refractivity contribution is -0.870. The number of nitrogens with zero attached hydrogens (tertiary/aromatic N) is 1. The van der Waals surface area contributed by atoms with Gasteiger partial charge in [-0.15, -0.1) is 0 Å². The molecule has 0 rings (SSSR count). The molecule has 0 heterocycles. The highest BCUT2D eigenvalue weighted by molar-refractivity contribution is 7.45. The van der Waals surface area contributed by atoms with E-state index in [9.17, 15) is 19.4 Å². The average Bonchev–Trinajstić information content (AvgIpc) is 3.01. The Morgan fingerprint density at radius 3 is 1.72 bits per heavy atom. The molecule has 9 heteroatoms. The van der Waals surface area contributed by atoms with Crippen LogP contribution in [0.15, 0.2) is 48.6 Å². The summed E-state index contributed by atoms with van der Waals surface area (Å²) in [5.74, 6) is -0.227. The van der Waals surface area contributed by atoms with Gasteiger partial charge in [0.25, 0.3) is 7.82 Å². The van der Waals surface area contributed by atoms with Crippen LogP contribution in [0.2, 0.25) is 0 Å². The second kappa shape index (κ2) is 30.5. The summed E-state index contributed by atoms with van der Waals surface area (Å²) < 4.78 is 23.0. The van der Waals surface area contributed by atoms with Crippen LogP contribution in [0, 0.1) is 0 Å². The minimum atomic E-state index is -4.59. The van der Waals surface area contributed by atoms with Crippen molar-refractivity contribution in [1.82, 2.24) is 5.32 Å². The Labute approximate surface area is 289 Å². The molecular formula is C38H71N2O6P. The number of carbonyl (C=O) groups is 1. The Balaban J connectivity index is 4.68. The first-order valence-electron chi connectivity index (χ1n) is 18.5. The van der Waals surface area contributed by atoms with Crippen LogP contribution in [0.25, 0.3) is 0 Å². The molecule has 8 nitrogen and oxygen atoms in total. The van der Waals surface area contributed by atoms with Crippen LogP contribution in [0.4, 0.5) is 0 Å². The standard InChI is InChI=1S/C38H71N2O6P/c1-6-8-10-12-14-16-18-20-21-23-25-27-29-31-37(41)36(35-46-47(43,44)45-34-33-40(3,4)5)39-38(42)32-30-28-26-24-22-19-17-15-13-11-9-7-2/h14-17,21,23,29,31,36-37,41H,6-13,18-20,22,24-28,30,32-35H2,1-5H3,(H-,39,42,43,44)/b16-14+,17-15-,23-21+,31-29+. The molecule has 0 spiro atoms. The molecule has 0 saturated heterocycles. The van der Waals surface area contributed by atoms with Crippen LogP contribution in [-0.2, 0) is 18.4 Å². The van der Waals surface area contributed by atoms with Gasteiger partial charge in [-0.1, -0.05) is 107 Å². The Kier molecular flexibility index (Phi) is 29.5. The van der Waals surface area contributed by atoms with Crippen molar-refractivity contribution in [3.8, 4) is 0 Å². The van der Waals surface area contributed by atoms with Crippen LogP contribution in [0.3, 0.4) is 0 Å². The van der Waals surface area contributed by atoms with Crippen LogP contribution in [-0.4, -0.2) is 68.5 Å². The van der Waals surface area contributed by atoms with Crippen LogP contribution in [0.5, 0.6) is 0 Å². The predicted octanol–water partition coefficient (Wildman–Crippen LogP) is 8.72. The molecule has 0 aromatic carbocycles. The number of nitrogens with one attached hydrogen (secondary N) is 1. The van der Waals surface area contributed by atoms with E-state index in [2.05, 4.69) is 55.6 Å². The fraction of sp³-hybridized carbons (Fsp3) is 0.763. The number of hydrogen-bond donors (Lipinski definition) is 2. The Hall–Kier alpha value is -1.54. The largest absolute Gasteiger partial charge is 0.756 e. The zero-order valence-corrected chi connectivity index (χ0v) is 31.6. The quantitative estimate of drug-likeness (QED) is 0.0318. The second-order valence-electron chi connectivity index (χ2n) is 13.5. The molecule has 0 aromatic heterocycles. The zero-order valence-electron chi connectivity index (χ0n) is 30.7. The van der Waals surface area contributed by atoms with E-state index >= 15 is 0 Å². The third-order valence-electron chi connectivity index (χ3n) is 7.74. The molecule has 0 aliphatic carbocycles. The van der Waals surface area contributed by atoms with Crippen LogP contribution in [0.1, 0.15) is 136 Å². The van der Waals surface area contributed by atoms with Crippen molar-refractivity contribution < 1.29 is 32.9 Å². The van der Waals surface area contributed by atoms with Gasteiger partial charge in [0.1, 0.15) is 13.2 Å². The van der Waals surface area contributed by atoms with E-state index in [4.69, 9.17) is 9.05 Å². The summed E-state index contributed by atoms with van der Waals surface area (Å²) in [6, 6.07) is -0.910. The second-order valence-corrected chi connectivity index (χ2v) is 15.0. The van der Waals surface area contributed by atoms with Crippen molar-refractivity contribution in [3.63, 3.8) is 0 Å². The van der Waals surface area contributed by atoms with E-state index in [1.54, 1.807) is 6.08 Å². The fourth-order valence-corrected chi connectivity index (χ4v) is 5.43. The Bertz CT molecular complexity index is 912. The topological polar surface area (TPSA) is 108 Å². The number of likely N-dealkylation sites (N-methyl/N-ethyl adjacent to an activating group) is 1. The number of unbranched alkanes of at least 4 members (excludes halogenated alkanes) is 13. The van der Waals surface area contributed by atoms with Gasteiger partial charge in [-0.25, -0.2) is 0 Å². The number of carbonyl (C=O) groups excluding carboxylic acids is 1. The lowest BCUT2D eigenvalue weighted by atomic mass is 10.1. The highest BCUT2D eigenvalue weighted by Gasteiger charge is 2.23. The van der Waals surface area contributed by atoms with Gasteiger partial charge in [-0.05, 0) is 70.6 Å². The maximum Gasteiger partial charge on any atom is 0.268 e. The molecule has 274 valence electrons. The predicted molar refractivity (Wildman–Crippen MR) is 196 cm³/mol. The summed E-state index contributed by atoms with van der Waals surface area (Å²) in [4.78, 5) is 25.1. The summed E-state index contributed by atoms with van der Waals surface area (Å²) in [7, 11) is 1.22. The highest BCUT2D eigenvalue weighted by atomic mass is 31.2. The molecule has 0 aromatic rings. The molecule has 0 aliphatic rings. The van der Waals surface area contributed by atoms with Gasteiger partial charge < -0.3 is 28.8 Å². The van der Waals surface area contributed by atoms with Crippen LogP contribution >= 0.6 is 7.82 Å². The van der Waals surface area contributed by atoms with Crippen molar-refractivity contribution in [2.75, 3.05) is 40.9 Å². The number of aliphatic hydroxyl groups is 1. The Morgan fingerprint density at radius 2 is 1.19 bits per heavy atom. The van der Waals surface area contributed by atoms with E-state index in [1.807, 2.05) is 27.2 Å². The van der Waals surface area contributed by atoms with Gasteiger partial charge in [-0.2, -0.15) is 0 Å². The summed E-state index contributed by atoms with van der Waals surface area (Å²) in [5, 5.41) is 13.6. The van der Waals surface area contributed by atoms with Crippen molar-refractivity contribution in [2.45, 2.75) is 148 Å². The molecule has 0 radical (unpaired) electrons. The highest BCUT2D eigenvalue weighted by Crippen LogP contribution is 2.38. The number of hydrogen-bond acceptors (Lipinski definition) is 6. The average molecular weight is 683 g/mol. The molecule has 3 unspecified atom stereocenters. The van der Waals surface area contributed by atoms with E-state index < -0.39 is 26.6 Å². The normalized spacial score (nSPS) is 15.3. The van der Waals surface area contributed by atoms with Gasteiger partial charge in [0.2, 0.25) is 5.91 Å². The van der Waals surface area contributed by atoms with E-state index in [0.717, 1.165) is 70.6 Å². The molecule has 47 heavy (non-hydrogen) atoms. The zero-order chi connectivity index (χ0) is 35.1. The summed E-state index contributed by atoms with van der Waals surface area (Å²) in [6.07, 6.45) is 35.8. The summed E-state index contributed by atoms with van der Waals surface area (Å²) in [5.41, 5.74) is 0. The fourth-order valence-electron chi connectivity index (χ4n) is 4.70. The molecule has 3 atom stereocenters. The van der Waals surface area contributed by atoms with Crippen molar-refractivity contribution in [2.24, 2.45) is 0 Å². The maximum absolute atomic E-state index is 12.7. The first-order chi connectivity index (χ1) is 22.5. The van der Waals surface area contributed by atoms with E-state index in [-0.39, 0.29) is 12.5 Å². The number of amides is 1. The lowest BCUT2D eigenvalue weighted by Gasteiger charge is -2.29. The van der Waals surface area contributed by atoms with Gasteiger partial charge >= 0.3 is 0 Å². The maximum atomic E-state index is 12.7. The van der Waals surface area contributed by atoms with Gasteiger partial charge in [-0.3, -0.25) is 9.36 Å². The minimum Gasteiger partial charge on any atom is -0.756 e. The molecule has 2 N–H and O–H groups in total. The molecule has 0 saturated carbocycles. The number of phosphoric ester groups is 1. The van der Waals surface area contributed by atoms with E-state index in [0.29, 0.717) is 17.4 Å². The number of aliphatic hydroxyl groups excluding tert-OH is 1. The minimum absolute atomic E-state index is 0.0121. The third-order valence-corrected chi connectivity index (χ3v) is 8.70. The lowest BCUT2D eigenvalue weighted by Crippen LogP contribution is -2.45. The number of phosphoric acid groups is 1. The van der Waals surface area contributed by atoms with E-state index in [1.165, 1.54) is 44.9 Å². The molecule has 0 bridgehead atoms. The summed E-state index contributed by atoms with van der Waals surface area (Å²) in [6.45, 7) is 4.51. The van der Waals surface area contributed by atoms with Crippen molar-refractivity contribution >= 4 is 13.7 Å². The number of allylic oxidation sites excluding steroid dienone is 7. The number of rotatable bonds is 32. The third kappa shape index (κ3) is 32.8. The van der Waals surface area contributed by atoms with Gasteiger partial charge in [0.05, 0.1) is 39.9 Å². The first-order valence-corrected chi connectivity index (χ1v) is 20.0. The van der Waals surface area contributed by atoms with Crippen molar-refractivity contribution in [1.29, 1.82) is 0 Å². The smallest absolute Gasteiger partial charge is 0.268 e. The first kappa shape index (κ1) is 45.5. The SMILES string of the molecule is CCCCC/C=C\CCCCCCCC(=O)NC(COP(=O)([O-])OCC[N+](C)(C)C)C(O)/C=C/CC/C=C/CC/C=C/CCCCC. The molecule has 1 amide bonds. The van der Waals surface area contributed by atoms with Crippen molar-refractivity contribution in [3.05, 3.63) is 48.6 Å².